The van der Waals surface area contributed by atoms with E-state index in [2.05, 4.69) is 15.6 Å². The van der Waals surface area contributed by atoms with E-state index >= 15 is 0 Å². The number of halogens is 2. The summed E-state index contributed by atoms with van der Waals surface area (Å²) in [5.41, 5.74) is 1.41. The molecule has 3 rings (SSSR count). The highest BCUT2D eigenvalue weighted by Crippen LogP contribution is 2.35. The standard InChI is InChI=1S/C19H17Cl2N3O2S2/c1-9(2)22-17(25)11-4-5-12(20)13(8-11)24-18(26)16-10(3)23-19(28-16)14-6-7-15(21)27-14/h4-9H,1-3H3,(H,22,25)(H,24,26). The van der Waals surface area contributed by atoms with Crippen LogP contribution in [0.1, 0.15) is 39.6 Å². The first-order chi connectivity index (χ1) is 13.2. The molecule has 2 aromatic heterocycles. The van der Waals surface area contributed by atoms with Gasteiger partial charge in [-0.3, -0.25) is 9.59 Å². The molecule has 0 bridgehead atoms. The normalized spacial score (nSPS) is 10.9. The van der Waals surface area contributed by atoms with Crippen LogP contribution in [-0.2, 0) is 0 Å². The Labute approximate surface area is 180 Å². The third kappa shape index (κ3) is 4.72. The Hall–Kier alpha value is -1.93. The lowest BCUT2D eigenvalue weighted by atomic mass is 10.1. The average molecular weight is 454 g/mol. The highest BCUT2D eigenvalue weighted by atomic mass is 35.5. The second-order valence-electron chi connectivity index (χ2n) is 6.31. The minimum Gasteiger partial charge on any atom is -0.350 e. The van der Waals surface area contributed by atoms with Gasteiger partial charge in [-0.05, 0) is 51.1 Å². The number of carbonyl (C=O) groups excluding carboxylic acids is 2. The molecule has 2 heterocycles. The van der Waals surface area contributed by atoms with Crippen molar-refractivity contribution in [3.63, 3.8) is 0 Å². The summed E-state index contributed by atoms with van der Waals surface area (Å²) in [6.07, 6.45) is 0. The molecule has 0 aliphatic heterocycles. The van der Waals surface area contributed by atoms with Crippen LogP contribution >= 0.6 is 45.9 Å². The summed E-state index contributed by atoms with van der Waals surface area (Å²) in [6, 6.07) is 8.45. The fraction of sp³-hybridized carbons (Fsp3) is 0.211. The van der Waals surface area contributed by atoms with Crippen molar-refractivity contribution in [2.75, 3.05) is 5.32 Å². The molecule has 0 aliphatic carbocycles. The SMILES string of the molecule is Cc1nc(-c2ccc(Cl)s2)sc1C(=O)Nc1cc(C(=O)NC(C)C)ccc1Cl. The van der Waals surface area contributed by atoms with Gasteiger partial charge in [0.25, 0.3) is 11.8 Å². The molecule has 3 aromatic rings. The van der Waals surface area contributed by atoms with Crippen LogP contribution in [0.15, 0.2) is 30.3 Å². The van der Waals surface area contributed by atoms with Gasteiger partial charge in [0.2, 0.25) is 0 Å². The first kappa shape index (κ1) is 20.8. The highest BCUT2D eigenvalue weighted by molar-refractivity contribution is 7.24. The summed E-state index contributed by atoms with van der Waals surface area (Å²) in [5, 5.41) is 6.67. The van der Waals surface area contributed by atoms with Crippen LogP contribution in [0.25, 0.3) is 9.88 Å². The number of nitrogens with zero attached hydrogens (tertiary/aromatic N) is 1. The van der Waals surface area contributed by atoms with Crippen LogP contribution in [-0.4, -0.2) is 22.8 Å². The number of thiazole rings is 1. The molecule has 0 unspecified atom stereocenters. The molecule has 5 nitrogen and oxygen atoms in total. The second kappa shape index (κ2) is 8.61. The maximum absolute atomic E-state index is 12.8. The maximum atomic E-state index is 12.8. The van der Waals surface area contributed by atoms with Gasteiger partial charge in [0.15, 0.2) is 0 Å². The number of benzene rings is 1. The fourth-order valence-electron chi connectivity index (χ4n) is 2.43. The van der Waals surface area contributed by atoms with Crippen molar-refractivity contribution < 1.29 is 9.59 Å². The van der Waals surface area contributed by atoms with Crippen LogP contribution < -0.4 is 10.6 Å². The van der Waals surface area contributed by atoms with Crippen LogP contribution in [0.2, 0.25) is 9.36 Å². The van der Waals surface area contributed by atoms with Gasteiger partial charge < -0.3 is 10.6 Å². The topological polar surface area (TPSA) is 71.1 Å². The second-order valence-corrected chi connectivity index (χ2v) is 9.44. The van der Waals surface area contributed by atoms with Crippen LogP contribution in [0, 0.1) is 6.92 Å². The van der Waals surface area contributed by atoms with Crippen LogP contribution in [0.5, 0.6) is 0 Å². The molecular formula is C19H17Cl2N3O2S2. The molecule has 0 saturated heterocycles. The lowest BCUT2D eigenvalue weighted by molar-refractivity contribution is 0.0942. The largest absolute Gasteiger partial charge is 0.350 e. The van der Waals surface area contributed by atoms with Gasteiger partial charge >= 0.3 is 0 Å². The van der Waals surface area contributed by atoms with Gasteiger partial charge in [0.05, 0.1) is 25.6 Å². The molecule has 0 spiro atoms. The molecule has 28 heavy (non-hydrogen) atoms. The molecule has 0 radical (unpaired) electrons. The van der Waals surface area contributed by atoms with Crippen LogP contribution in [0.3, 0.4) is 0 Å². The van der Waals surface area contributed by atoms with Gasteiger partial charge in [0.1, 0.15) is 9.88 Å². The van der Waals surface area contributed by atoms with Crippen molar-refractivity contribution in [1.82, 2.24) is 10.3 Å². The minimum atomic E-state index is -0.327. The van der Waals surface area contributed by atoms with E-state index in [1.807, 2.05) is 19.9 Å². The van der Waals surface area contributed by atoms with Crippen molar-refractivity contribution in [3.05, 3.63) is 55.8 Å². The summed E-state index contributed by atoms with van der Waals surface area (Å²) in [7, 11) is 0. The van der Waals surface area contributed by atoms with Gasteiger partial charge in [-0.15, -0.1) is 22.7 Å². The number of aryl methyl sites for hydroxylation is 1. The molecule has 2 amide bonds. The summed E-state index contributed by atoms with van der Waals surface area (Å²) in [5.74, 6) is -0.555. The van der Waals surface area contributed by atoms with Gasteiger partial charge in [-0.2, -0.15) is 0 Å². The van der Waals surface area contributed by atoms with E-state index in [1.54, 1.807) is 31.2 Å². The van der Waals surface area contributed by atoms with Crippen molar-refractivity contribution in [2.45, 2.75) is 26.8 Å². The maximum Gasteiger partial charge on any atom is 0.267 e. The fourth-order valence-corrected chi connectivity index (χ4v) is 4.65. The third-order valence-corrected chi connectivity index (χ3v) is 6.57. The molecule has 0 saturated carbocycles. The number of hydrogen-bond acceptors (Lipinski definition) is 5. The molecule has 1 aromatic carbocycles. The molecule has 9 heteroatoms. The van der Waals surface area contributed by atoms with Crippen molar-refractivity contribution >= 4 is 63.4 Å². The highest BCUT2D eigenvalue weighted by Gasteiger charge is 2.19. The van der Waals surface area contributed by atoms with Gasteiger partial charge in [-0.25, -0.2) is 4.98 Å². The van der Waals surface area contributed by atoms with E-state index < -0.39 is 0 Å². The Morgan fingerprint density at radius 2 is 1.82 bits per heavy atom. The Morgan fingerprint density at radius 1 is 1.07 bits per heavy atom. The summed E-state index contributed by atoms with van der Waals surface area (Å²) >= 11 is 14.9. The minimum absolute atomic E-state index is 0.00485. The summed E-state index contributed by atoms with van der Waals surface area (Å²) in [4.78, 5) is 30.8. The van der Waals surface area contributed by atoms with Crippen molar-refractivity contribution in [3.8, 4) is 9.88 Å². The van der Waals surface area contributed by atoms with E-state index in [9.17, 15) is 9.59 Å². The number of nitrogens with one attached hydrogen (secondary N) is 2. The van der Waals surface area contributed by atoms with Gasteiger partial charge in [0, 0.05) is 11.6 Å². The zero-order valence-electron chi connectivity index (χ0n) is 15.3. The van der Waals surface area contributed by atoms with Gasteiger partial charge in [-0.1, -0.05) is 23.2 Å². The van der Waals surface area contributed by atoms with E-state index in [4.69, 9.17) is 23.2 Å². The first-order valence-corrected chi connectivity index (χ1v) is 10.8. The number of aromatic nitrogens is 1. The average Bonchev–Trinajstić information content (AvgIpc) is 3.22. The van der Waals surface area contributed by atoms with Crippen molar-refractivity contribution in [2.24, 2.45) is 0 Å². The summed E-state index contributed by atoms with van der Waals surface area (Å²) in [6.45, 7) is 5.53. The number of anilines is 1. The van der Waals surface area contributed by atoms with E-state index in [1.165, 1.54) is 22.7 Å². The Balaban J connectivity index is 1.83. The molecule has 0 fully saturated rings. The molecular weight excluding hydrogens is 437 g/mol. The zero-order valence-corrected chi connectivity index (χ0v) is 18.4. The lowest BCUT2D eigenvalue weighted by Gasteiger charge is -2.11. The number of rotatable bonds is 5. The number of amides is 2. The van der Waals surface area contributed by atoms with Crippen LogP contribution in [0.4, 0.5) is 5.69 Å². The third-order valence-electron chi connectivity index (χ3n) is 3.68. The quantitative estimate of drug-likeness (QED) is 0.506. The predicted octanol–water partition coefficient (Wildman–Crippen LogP) is 5.88. The van der Waals surface area contributed by atoms with E-state index in [0.29, 0.717) is 31.2 Å². The lowest BCUT2D eigenvalue weighted by Crippen LogP contribution is -2.30. The molecule has 146 valence electrons. The Kier molecular flexibility index (Phi) is 6.40. The molecule has 0 aliphatic rings. The zero-order chi connectivity index (χ0) is 20.4. The van der Waals surface area contributed by atoms with Crippen molar-refractivity contribution in [1.29, 1.82) is 0 Å². The predicted molar refractivity (Wildman–Crippen MR) is 117 cm³/mol. The summed E-state index contributed by atoms with van der Waals surface area (Å²) < 4.78 is 0.664. The molecule has 0 atom stereocenters. The van der Waals surface area contributed by atoms with E-state index in [0.717, 1.165) is 9.88 Å². The Morgan fingerprint density at radius 3 is 2.46 bits per heavy atom. The number of thiophene rings is 1. The monoisotopic (exact) mass is 453 g/mol. The smallest absolute Gasteiger partial charge is 0.267 e. The first-order valence-electron chi connectivity index (χ1n) is 8.39. The number of carbonyl (C=O) groups is 2. The number of hydrogen-bond donors (Lipinski definition) is 2. The Bertz CT molecular complexity index is 1040. The van der Waals surface area contributed by atoms with E-state index in [-0.39, 0.29) is 17.9 Å². The molecule has 2 N–H and O–H groups in total.